The van der Waals surface area contributed by atoms with Crippen LogP contribution >= 0.6 is 15.9 Å². The van der Waals surface area contributed by atoms with Crippen molar-refractivity contribution in [3.63, 3.8) is 0 Å². The Morgan fingerprint density at radius 1 is 1.43 bits per heavy atom. The second-order valence-electron chi connectivity index (χ2n) is 5.56. The van der Waals surface area contributed by atoms with E-state index < -0.39 is 0 Å². The van der Waals surface area contributed by atoms with Crippen LogP contribution in [-0.4, -0.2) is 29.9 Å². The zero-order valence-corrected chi connectivity index (χ0v) is 13.9. The number of nitrogens with zero attached hydrogens (tertiary/aromatic N) is 1. The number of hydrogen-bond donors (Lipinski definition) is 1. The average molecular weight is 357 g/mol. The van der Waals surface area contributed by atoms with E-state index in [0.717, 1.165) is 19.3 Å². The van der Waals surface area contributed by atoms with E-state index in [-0.39, 0.29) is 17.8 Å². The maximum Gasteiger partial charge on any atom is 0.255 e. The van der Waals surface area contributed by atoms with Crippen LogP contribution in [0, 0.1) is 11.7 Å². The van der Waals surface area contributed by atoms with Crippen molar-refractivity contribution < 1.29 is 9.18 Å². The molecule has 1 aromatic carbocycles. The Balaban J connectivity index is 2.25. The molecule has 1 aliphatic carbocycles. The minimum absolute atomic E-state index is 0.0466. The van der Waals surface area contributed by atoms with Crippen LogP contribution in [0.15, 0.2) is 22.7 Å². The lowest BCUT2D eigenvalue weighted by atomic mass is 9.83. The molecule has 1 fully saturated rings. The number of benzene rings is 1. The molecule has 0 saturated heterocycles. The van der Waals surface area contributed by atoms with Crippen LogP contribution in [0.5, 0.6) is 0 Å². The van der Waals surface area contributed by atoms with Crippen molar-refractivity contribution in [2.45, 2.75) is 38.6 Å². The third kappa shape index (κ3) is 3.64. The Hall–Kier alpha value is -0.940. The van der Waals surface area contributed by atoms with Crippen LogP contribution in [0.4, 0.5) is 4.39 Å². The maximum absolute atomic E-state index is 13.2. The number of halogens is 2. The maximum atomic E-state index is 13.2. The van der Waals surface area contributed by atoms with Gasteiger partial charge in [0.2, 0.25) is 0 Å². The summed E-state index contributed by atoms with van der Waals surface area (Å²) >= 11 is 3.29. The summed E-state index contributed by atoms with van der Waals surface area (Å²) in [4.78, 5) is 14.7. The van der Waals surface area contributed by atoms with Gasteiger partial charge in [0.25, 0.3) is 5.91 Å². The molecule has 3 nitrogen and oxygen atoms in total. The van der Waals surface area contributed by atoms with Gasteiger partial charge >= 0.3 is 0 Å². The predicted molar refractivity (Wildman–Crippen MR) is 85.6 cm³/mol. The summed E-state index contributed by atoms with van der Waals surface area (Å²) in [6, 6.07) is 4.40. The van der Waals surface area contributed by atoms with Crippen LogP contribution < -0.4 is 5.73 Å². The number of rotatable bonds is 4. The van der Waals surface area contributed by atoms with E-state index in [1.807, 2.05) is 11.8 Å². The number of carbonyl (C=O) groups excluding carboxylic acids is 1. The number of hydrogen-bond acceptors (Lipinski definition) is 2. The van der Waals surface area contributed by atoms with Gasteiger partial charge in [0.05, 0.1) is 5.56 Å². The summed E-state index contributed by atoms with van der Waals surface area (Å²) in [5, 5.41) is 0. The van der Waals surface area contributed by atoms with E-state index in [1.54, 1.807) is 6.07 Å². The van der Waals surface area contributed by atoms with E-state index in [2.05, 4.69) is 15.9 Å². The SMILES string of the molecule is CCN(C(=O)c1ccc(F)cc1Br)C1CCCCC1CN. The molecule has 0 aliphatic heterocycles. The van der Waals surface area contributed by atoms with Crippen LogP contribution in [0.25, 0.3) is 0 Å². The van der Waals surface area contributed by atoms with Crippen LogP contribution in [0.1, 0.15) is 43.0 Å². The topological polar surface area (TPSA) is 46.3 Å². The Labute approximate surface area is 133 Å². The Morgan fingerprint density at radius 2 is 2.14 bits per heavy atom. The lowest BCUT2D eigenvalue weighted by molar-refractivity contribution is 0.0559. The average Bonchev–Trinajstić information content (AvgIpc) is 2.48. The molecule has 116 valence electrons. The van der Waals surface area contributed by atoms with Gasteiger partial charge in [-0.2, -0.15) is 0 Å². The Bertz CT molecular complexity index is 509. The van der Waals surface area contributed by atoms with Crippen molar-refractivity contribution in [3.05, 3.63) is 34.1 Å². The summed E-state index contributed by atoms with van der Waals surface area (Å²) < 4.78 is 13.7. The van der Waals surface area contributed by atoms with Gasteiger partial charge in [-0.3, -0.25) is 4.79 Å². The minimum atomic E-state index is -0.348. The van der Waals surface area contributed by atoms with Gasteiger partial charge < -0.3 is 10.6 Å². The van der Waals surface area contributed by atoms with Crippen molar-refractivity contribution >= 4 is 21.8 Å². The van der Waals surface area contributed by atoms with Crippen molar-refractivity contribution in [2.24, 2.45) is 11.7 Å². The molecule has 2 N–H and O–H groups in total. The van der Waals surface area contributed by atoms with Gasteiger partial charge in [-0.05, 0) is 66.4 Å². The largest absolute Gasteiger partial charge is 0.336 e. The molecule has 1 aromatic rings. The molecule has 0 radical (unpaired) electrons. The van der Waals surface area contributed by atoms with Crippen LogP contribution in [0.3, 0.4) is 0 Å². The van der Waals surface area contributed by atoms with Crippen molar-refractivity contribution in [1.29, 1.82) is 0 Å². The molecular weight excluding hydrogens is 335 g/mol. The molecule has 21 heavy (non-hydrogen) atoms. The van der Waals surface area contributed by atoms with E-state index in [9.17, 15) is 9.18 Å². The summed E-state index contributed by atoms with van der Waals surface area (Å²) in [7, 11) is 0. The molecular formula is C16H22BrFN2O. The second kappa shape index (κ2) is 7.36. The van der Waals surface area contributed by atoms with Gasteiger partial charge in [0, 0.05) is 17.1 Å². The zero-order chi connectivity index (χ0) is 15.4. The fourth-order valence-corrected chi connectivity index (χ4v) is 3.74. The van der Waals surface area contributed by atoms with E-state index in [1.165, 1.54) is 18.6 Å². The van der Waals surface area contributed by atoms with Crippen molar-refractivity contribution in [1.82, 2.24) is 4.90 Å². The fourth-order valence-electron chi connectivity index (χ4n) is 3.22. The molecule has 5 heteroatoms. The third-order valence-electron chi connectivity index (χ3n) is 4.34. The predicted octanol–water partition coefficient (Wildman–Crippen LogP) is 3.57. The molecule has 0 heterocycles. The summed E-state index contributed by atoms with van der Waals surface area (Å²) in [6.07, 6.45) is 4.40. The molecule has 1 saturated carbocycles. The summed E-state index contributed by atoms with van der Waals surface area (Å²) in [6.45, 7) is 3.24. The van der Waals surface area contributed by atoms with Gasteiger partial charge in [-0.15, -0.1) is 0 Å². The highest BCUT2D eigenvalue weighted by Crippen LogP contribution is 2.30. The van der Waals surface area contributed by atoms with Crippen LogP contribution in [0.2, 0.25) is 0 Å². The summed E-state index contributed by atoms with van der Waals surface area (Å²) in [5.41, 5.74) is 6.39. The molecule has 1 amide bonds. The number of amides is 1. The lowest BCUT2D eigenvalue weighted by Gasteiger charge is -2.39. The van der Waals surface area contributed by atoms with Crippen molar-refractivity contribution in [3.8, 4) is 0 Å². The standard InChI is InChI=1S/C16H22BrFN2O/c1-2-20(15-6-4-3-5-11(15)10-19)16(21)13-8-7-12(18)9-14(13)17/h7-9,11,15H,2-6,10,19H2,1H3. The first-order chi connectivity index (χ1) is 10.1. The number of nitrogens with two attached hydrogens (primary N) is 1. The highest BCUT2D eigenvalue weighted by molar-refractivity contribution is 9.10. The second-order valence-corrected chi connectivity index (χ2v) is 6.42. The van der Waals surface area contributed by atoms with E-state index in [4.69, 9.17) is 5.73 Å². The first-order valence-corrected chi connectivity index (χ1v) is 8.33. The molecule has 0 bridgehead atoms. The normalized spacial score (nSPS) is 22.1. The van der Waals surface area contributed by atoms with E-state index >= 15 is 0 Å². The van der Waals surface area contributed by atoms with Gasteiger partial charge in [0.1, 0.15) is 5.82 Å². The molecule has 1 aliphatic rings. The molecule has 2 rings (SSSR count). The molecule has 0 aromatic heterocycles. The smallest absolute Gasteiger partial charge is 0.255 e. The van der Waals surface area contributed by atoms with Gasteiger partial charge in [-0.1, -0.05) is 12.8 Å². The molecule has 0 spiro atoms. The highest BCUT2D eigenvalue weighted by Gasteiger charge is 2.32. The number of carbonyl (C=O) groups is 1. The fraction of sp³-hybridized carbons (Fsp3) is 0.562. The monoisotopic (exact) mass is 356 g/mol. The third-order valence-corrected chi connectivity index (χ3v) is 4.99. The van der Waals surface area contributed by atoms with Crippen molar-refractivity contribution in [2.75, 3.05) is 13.1 Å². The quantitative estimate of drug-likeness (QED) is 0.896. The Kier molecular flexibility index (Phi) is 5.76. The lowest BCUT2D eigenvalue weighted by Crippen LogP contribution is -2.48. The van der Waals surface area contributed by atoms with Gasteiger partial charge in [0.15, 0.2) is 0 Å². The zero-order valence-electron chi connectivity index (χ0n) is 12.3. The minimum Gasteiger partial charge on any atom is -0.336 e. The Morgan fingerprint density at radius 3 is 2.76 bits per heavy atom. The van der Waals surface area contributed by atoms with Crippen LogP contribution in [-0.2, 0) is 0 Å². The molecule has 2 atom stereocenters. The summed E-state index contributed by atoms with van der Waals surface area (Å²) in [5.74, 6) is -0.0319. The van der Waals surface area contributed by atoms with Gasteiger partial charge in [-0.25, -0.2) is 4.39 Å². The molecule has 2 unspecified atom stereocenters. The first kappa shape index (κ1) is 16.4. The highest BCUT2D eigenvalue weighted by atomic mass is 79.9. The first-order valence-electron chi connectivity index (χ1n) is 7.54. The van der Waals surface area contributed by atoms with E-state index in [0.29, 0.717) is 29.0 Å².